The number of hydrogen-bond acceptors (Lipinski definition) is 8. The number of nitrogen functional groups attached to an aromatic ring is 1. The van der Waals surface area contributed by atoms with Crippen LogP contribution in [0.25, 0.3) is 0 Å². The fraction of sp³-hybridized carbons (Fsp3) is 0.200. The van der Waals surface area contributed by atoms with Crippen molar-refractivity contribution in [2.24, 2.45) is 5.84 Å². The van der Waals surface area contributed by atoms with E-state index in [0.29, 0.717) is 23.2 Å². The molecule has 3 rings (SSSR count). The molecule has 1 aromatic heterocycles. The van der Waals surface area contributed by atoms with Gasteiger partial charge in [0.2, 0.25) is 11.9 Å². The first kappa shape index (κ1) is 11.1. The molecule has 0 fully saturated rings. The van der Waals surface area contributed by atoms with Crippen molar-refractivity contribution in [2.45, 2.75) is 6.61 Å². The Morgan fingerprint density at radius 1 is 1.33 bits per heavy atom. The highest BCUT2D eigenvalue weighted by Crippen LogP contribution is 2.35. The summed E-state index contributed by atoms with van der Waals surface area (Å²) in [6, 6.07) is 5.41. The number of aromatic nitrogens is 2. The van der Waals surface area contributed by atoms with Gasteiger partial charge in [-0.1, -0.05) is 11.3 Å². The van der Waals surface area contributed by atoms with Gasteiger partial charge in [-0.05, 0) is 12.1 Å². The lowest BCUT2D eigenvalue weighted by Crippen LogP contribution is -2.05. The lowest BCUT2D eigenvalue weighted by atomic mass is 10.3. The van der Waals surface area contributed by atoms with Gasteiger partial charge in [-0.2, -0.15) is 0 Å². The number of fused-ring (bicyclic) bond motifs is 1. The Kier molecular flexibility index (Phi) is 2.87. The number of benzene rings is 1. The Balaban J connectivity index is 1.66. The van der Waals surface area contributed by atoms with Crippen molar-refractivity contribution >= 4 is 16.5 Å². The van der Waals surface area contributed by atoms with Gasteiger partial charge in [0.1, 0.15) is 12.4 Å². The normalized spacial score (nSPS) is 12.5. The Hall–Kier alpha value is -2.06. The molecule has 0 radical (unpaired) electrons. The van der Waals surface area contributed by atoms with Crippen LogP contribution < -0.4 is 25.5 Å². The second-order valence-corrected chi connectivity index (χ2v) is 4.51. The third-order valence-electron chi connectivity index (χ3n) is 2.30. The van der Waals surface area contributed by atoms with Crippen molar-refractivity contribution in [1.82, 2.24) is 10.2 Å². The van der Waals surface area contributed by atoms with Crippen LogP contribution in [0.15, 0.2) is 18.2 Å². The Bertz CT molecular complexity index is 560. The minimum atomic E-state index is 0.251. The van der Waals surface area contributed by atoms with Crippen LogP contribution in [-0.4, -0.2) is 17.0 Å². The number of hydrogen-bond donors (Lipinski definition) is 2. The smallest absolute Gasteiger partial charge is 0.231 e. The van der Waals surface area contributed by atoms with Crippen molar-refractivity contribution in [3.05, 3.63) is 23.2 Å². The van der Waals surface area contributed by atoms with Gasteiger partial charge in [0, 0.05) is 6.07 Å². The Morgan fingerprint density at radius 3 is 3.06 bits per heavy atom. The molecule has 0 aliphatic carbocycles. The van der Waals surface area contributed by atoms with E-state index in [0.717, 1.165) is 10.8 Å². The first-order valence-corrected chi connectivity index (χ1v) is 5.98. The lowest BCUT2D eigenvalue weighted by molar-refractivity contribution is 0.173. The van der Waals surface area contributed by atoms with E-state index in [9.17, 15) is 0 Å². The summed E-state index contributed by atoms with van der Waals surface area (Å²) in [4.78, 5) is 0. The number of hydrazine groups is 1. The number of nitrogens with zero attached hydrogens (tertiary/aromatic N) is 2. The van der Waals surface area contributed by atoms with Crippen LogP contribution in [0, 0.1) is 0 Å². The largest absolute Gasteiger partial charge is 0.486 e. The van der Waals surface area contributed by atoms with E-state index < -0.39 is 0 Å². The molecule has 1 aromatic carbocycles. The summed E-state index contributed by atoms with van der Waals surface area (Å²) in [5.41, 5.74) is 2.43. The van der Waals surface area contributed by atoms with Crippen LogP contribution in [0.2, 0.25) is 0 Å². The fourth-order valence-electron chi connectivity index (χ4n) is 1.48. The van der Waals surface area contributed by atoms with Gasteiger partial charge in [0.25, 0.3) is 0 Å². The minimum Gasteiger partial charge on any atom is -0.486 e. The van der Waals surface area contributed by atoms with Crippen molar-refractivity contribution in [2.75, 3.05) is 12.2 Å². The molecule has 0 amide bonds. The highest BCUT2D eigenvalue weighted by molar-refractivity contribution is 7.15. The second-order valence-electron chi connectivity index (χ2n) is 3.45. The number of nitrogens with two attached hydrogens (primary N) is 1. The van der Waals surface area contributed by atoms with Crippen molar-refractivity contribution in [1.29, 1.82) is 0 Å². The summed E-state index contributed by atoms with van der Waals surface area (Å²) in [5, 5.41) is 9.02. The molecule has 0 atom stereocenters. The highest BCUT2D eigenvalue weighted by Gasteiger charge is 2.14. The van der Waals surface area contributed by atoms with E-state index in [1.807, 2.05) is 12.1 Å². The molecule has 2 aromatic rings. The number of anilines is 1. The van der Waals surface area contributed by atoms with Crippen molar-refractivity contribution < 1.29 is 14.2 Å². The van der Waals surface area contributed by atoms with E-state index in [-0.39, 0.29) is 6.79 Å². The molecule has 0 spiro atoms. The molecule has 2 heterocycles. The van der Waals surface area contributed by atoms with E-state index in [1.54, 1.807) is 6.07 Å². The van der Waals surface area contributed by atoms with E-state index in [1.165, 1.54) is 11.3 Å². The average molecular weight is 266 g/mol. The summed E-state index contributed by atoms with van der Waals surface area (Å²) in [5.74, 6) is 7.33. The Labute approximate surface area is 106 Å². The molecule has 1 aliphatic rings. The molecule has 7 nitrogen and oxygen atoms in total. The van der Waals surface area contributed by atoms with Crippen LogP contribution in [0.1, 0.15) is 5.01 Å². The first-order valence-electron chi connectivity index (χ1n) is 5.16. The van der Waals surface area contributed by atoms with Crippen LogP contribution in [-0.2, 0) is 6.61 Å². The topological polar surface area (TPSA) is 91.5 Å². The lowest BCUT2D eigenvalue weighted by Gasteiger charge is -2.04. The van der Waals surface area contributed by atoms with Gasteiger partial charge in [-0.3, -0.25) is 5.43 Å². The zero-order chi connectivity index (χ0) is 12.4. The zero-order valence-corrected chi connectivity index (χ0v) is 10.1. The zero-order valence-electron chi connectivity index (χ0n) is 9.25. The molecule has 3 N–H and O–H groups in total. The van der Waals surface area contributed by atoms with E-state index in [2.05, 4.69) is 15.6 Å². The minimum absolute atomic E-state index is 0.251. The molecule has 0 unspecified atom stereocenters. The van der Waals surface area contributed by atoms with Crippen molar-refractivity contribution in [3.8, 4) is 17.2 Å². The quantitative estimate of drug-likeness (QED) is 0.633. The predicted octanol–water partition coefficient (Wildman–Crippen LogP) is 1.13. The molecular formula is C10H10N4O3S. The van der Waals surface area contributed by atoms with Crippen LogP contribution in [0.3, 0.4) is 0 Å². The molecular weight excluding hydrogens is 256 g/mol. The molecule has 94 valence electrons. The van der Waals surface area contributed by atoms with E-state index in [4.69, 9.17) is 20.1 Å². The van der Waals surface area contributed by atoms with Gasteiger partial charge in [-0.25, -0.2) is 5.84 Å². The first-order chi connectivity index (χ1) is 8.85. The molecule has 8 heteroatoms. The number of ether oxygens (including phenoxy) is 3. The fourth-order valence-corrected chi connectivity index (χ4v) is 2.05. The third-order valence-corrected chi connectivity index (χ3v) is 3.12. The molecule has 1 aliphatic heterocycles. The molecule has 0 saturated carbocycles. The van der Waals surface area contributed by atoms with Crippen LogP contribution in [0.5, 0.6) is 17.2 Å². The van der Waals surface area contributed by atoms with Crippen molar-refractivity contribution in [3.63, 3.8) is 0 Å². The Morgan fingerprint density at radius 2 is 2.22 bits per heavy atom. The maximum Gasteiger partial charge on any atom is 0.231 e. The highest BCUT2D eigenvalue weighted by atomic mass is 32.1. The van der Waals surface area contributed by atoms with Gasteiger partial charge in [0.15, 0.2) is 16.5 Å². The number of nitrogens with one attached hydrogen (secondary N) is 1. The summed E-state index contributed by atoms with van der Waals surface area (Å²) in [6.07, 6.45) is 0. The maximum absolute atomic E-state index is 5.58. The van der Waals surface area contributed by atoms with Gasteiger partial charge in [-0.15, -0.1) is 10.2 Å². The summed E-state index contributed by atoms with van der Waals surface area (Å²) in [7, 11) is 0. The summed E-state index contributed by atoms with van der Waals surface area (Å²) >= 11 is 1.34. The standard InChI is InChI=1S/C10H10N4O3S/c11-12-10-14-13-9(18-10)4-15-6-1-2-7-8(3-6)17-5-16-7/h1-3H,4-5,11H2,(H,12,14). The van der Waals surface area contributed by atoms with E-state index >= 15 is 0 Å². The van der Waals surface area contributed by atoms with Crippen LogP contribution >= 0.6 is 11.3 Å². The SMILES string of the molecule is NNc1nnc(COc2ccc3c(c2)OCO3)s1. The second kappa shape index (κ2) is 4.67. The molecule has 0 saturated heterocycles. The van der Waals surface area contributed by atoms with Crippen LogP contribution in [0.4, 0.5) is 5.13 Å². The average Bonchev–Trinajstić information content (AvgIpc) is 3.04. The predicted molar refractivity (Wildman–Crippen MR) is 64.6 cm³/mol. The maximum atomic E-state index is 5.58. The van der Waals surface area contributed by atoms with Gasteiger partial charge >= 0.3 is 0 Å². The molecule has 0 bridgehead atoms. The monoisotopic (exact) mass is 266 g/mol. The van der Waals surface area contributed by atoms with Gasteiger partial charge < -0.3 is 14.2 Å². The summed E-state index contributed by atoms with van der Waals surface area (Å²) in [6.45, 7) is 0.583. The number of rotatable bonds is 4. The third kappa shape index (κ3) is 2.15. The molecule has 18 heavy (non-hydrogen) atoms. The van der Waals surface area contributed by atoms with Gasteiger partial charge in [0.05, 0.1) is 0 Å². The summed E-state index contributed by atoms with van der Waals surface area (Å²) < 4.78 is 16.1.